The molecule has 144 valence electrons. The number of anilines is 1. The summed E-state index contributed by atoms with van der Waals surface area (Å²) in [6.07, 6.45) is 3.47. The molecule has 0 amide bonds. The predicted octanol–water partition coefficient (Wildman–Crippen LogP) is 2.11. The van der Waals surface area contributed by atoms with E-state index >= 15 is 4.39 Å². The third-order valence-corrected chi connectivity index (χ3v) is 5.54. The van der Waals surface area contributed by atoms with Crippen molar-refractivity contribution in [2.45, 2.75) is 38.3 Å². The maximum absolute atomic E-state index is 15.1. The Morgan fingerprint density at radius 3 is 2.70 bits per heavy atom. The van der Waals surface area contributed by atoms with Crippen LogP contribution in [-0.4, -0.2) is 41.4 Å². The lowest BCUT2D eigenvalue weighted by atomic mass is 10.0. The van der Waals surface area contributed by atoms with Crippen molar-refractivity contribution in [2.24, 2.45) is 5.73 Å². The van der Waals surface area contributed by atoms with Crippen molar-refractivity contribution >= 4 is 22.6 Å². The van der Waals surface area contributed by atoms with Gasteiger partial charge in [0.2, 0.25) is 5.43 Å². The Morgan fingerprint density at radius 2 is 2.04 bits per heavy atom. The van der Waals surface area contributed by atoms with Crippen molar-refractivity contribution in [1.82, 2.24) is 4.57 Å². The molecule has 3 N–H and O–H groups in total. The summed E-state index contributed by atoms with van der Waals surface area (Å²) in [7, 11) is 0. The van der Waals surface area contributed by atoms with Crippen LogP contribution < -0.4 is 20.8 Å². The minimum atomic E-state index is -1.32. The number of piperidine rings is 1. The molecule has 0 bridgehead atoms. The van der Waals surface area contributed by atoms with Crippen molar-refractivity contribution in [2.75, 3.05) is 24.6 Å². The van der Waals surface area contributed by atoms with Crippen molar-refractivity contribution in [3.63, 3.8) is 0 Å². The number of carbonyl (C=O) groups is 1. The van der Waals surface area contributed by atoms with Gasteiger partial charge in [-0.05, 0) is 25.8 Å². The first kappa shape index (κ1) is 17.8. The lowest BCUT2D eigenvalue weighted by Crippen LogP contribution is -2.40. The van der Waals surface area contributed by atoms with Crippen molar-refractivity contribution in [1.29, 1.82) is 0 Å². The zero-order valence-corrected chi connectivity index (χ0v) is 15.1. The molecule has 0 spiro atoms. The van der Waals surface area contributed by atoms with Gasteiger partial charge in [0, 0.05) is 37.8 Å². The fraction of sp³-hybridized carbons (Fsp3) is 0.474. The number of benzene rings is 1. The van der Waals surface area contributed by atoms with Crippen LogP contribution in [0, 0.1) is 5.82 Å². The molecule has 0 saturated carbocycles. The molecule has 8 heteroatoms. The standard InChI is InChI=1S/C19H22FN3O4/c1-10-4-7-27-18-15-12(17(24)13(19(25)26)9-23(10)15)8-14(20)16(18)22-5-2-11(21)3-6-22/h8-11H,2-7,21H2,1H3,(H,25,26)/t10-/m0/s1. The highest BCUT2D eigenvalue weighted by Crippen LogP contribution is 2.41. The topological polar surface area (TPSA) is 97.8 Å². The number of aromatic carboxylic acids is 1. The van der Waals surface area contributed by atoms with Gasteiger partial charge >= 0.3 is 5.97 Å². The van der Waals surface area contributed by atoms with E-state index in [4.69, 9.17) is 10.5 Å². The SMILES string of the molecule is C[C@H]1CCOc2c(N3CCC(N)CC3)c(F)cc3c(=O)c(C(=O)O)cn1c23. The molecule has 0 unspecified atom stereocenters. The van der Waals surface area contributed by atoms with E-state index in [-0.39, 0.29) is 23.0 Å². The second kappa shape index (κ2) is 6.53. The molecule has 1 saturated heterocycles. The molecule has 0 radical (unpaired) electrons. The largest absolute Gasteiger partial charge is 0.489 e. The summed E-state index contributed by atoms with van der Waals surface area (Å²) in [4.78, 5) is 26.1. The normalized spacial score (nSPS) is 20.4. The third-order valence-electron chi connectivity index (χ3n) is 5.54. The number of hydrogen-bond donors (Lipinski definition) is 2. The molecule has 1 atom stereocenters. The van der Waals surface area contributed by atoms with Crippen LogP contribution >= 0.6 is 0 Å². The number of nitrogens with two attached hydrogens (primary N) is 1. The van der Waals surface area contributed by atoms with E-state index in [0.29, 0.717) is 43.1 Å². The summed E-state index contributed by atoms with van der Waals surface area (Å²) < 4.78 is 22.8. The van der Waals surface area contributed by atoms with Crippen LogP contribution in [0.5, 0.6) is 5.75 Å². The maximum Gasteiger partial charge on any atom is 0.341 e. The highest BCUT2D eigenvalue weighted by molar-refractivity contribution is 5.97. The van der Waals surface area contributed by atoms with Gasteiger partial charge < -0.3 is 25.0 Å². The van der Waals surface area contributed by atoms with E-state index < -0.39 is 17.2 Å². The monoisotopic (exact) mass is 375 g/mol. The first-order valence-corrected chi connectivity index (χ1v) is 9.16. The molecule has 7 nitrogen and oxygen atoms in total. The van der Waals surface area contributed by atoms with Crippen LogP contribution in [0.1, 0.15) is 42.6 Å². The van der Waals surface area contributed by atoms with E-state index in [1.807, 2.05) is 11.8 Å². The van der Waals surface area contributed by atoms with Gasteiger partial charge in [0.25, 0.3) is 0 Å². The van der Waals surface area contributed by atoms with Crippen LogP contribution in [0.25, 0.3) is 10.9 Å². The number of nitrogens with zero attached hydrogens (tertiary/aromatic N) is 2. The second-order valence-corrected chi connectivity index (χ2v) is 7.33. The quantitative estimate of drug-likeness (QED) is 0.834. The highest BCUT2D eigenvalue weighted by atomic mass is 19.1. The van der Waals surface area contributed by atoms with Crippen molar-refractivity contribution in [3.8, 4) is 5.75 Å². The molecule has 1 aromatic heterocycles. The lowest BCUT2D eigenvalue weighted by molar-refractivity contribution is 0.0694. The van der Waals surface area contributed by atoms with Gasteiger partial charge in [-0.2, -0.15) is 0 Å². The molecule has 2 aliphatic heterocycles. The average molecular weight is 375 g/mol. The number of aromatic nitrogens is 1. The minimum absolute atomic E-state index is 0.0358. The van der Waals surface area contributed by atoms with Crippen LogP contribution in [0.4, 0.5) is 10.1 Å². The molecule has 0 aliphatic carbocycles. The zero-order valence-electron chi connectivity index (χ0n) is 15.1. The zero-order chi connectivity index (χ0) is 19.3. The van der Waals surface area contributed by atoms with E-state index in [0.717, 1.165) is 18.9 Å². The van der Waals surface area contributed by atoms with E-state index in [1.165, 1.54) is 6.20 Å². The van der Waals surface area contributed by atoms with Crippen molar-refractivity contribution in [3.05, 3.63) is 33.9 Å². The van der Waals surface area contributed by atoms with Crippen LogP contribution in [0.2, 0.25) is 0 Å². The number of carboxylic acids is 1. The number of rotatable bonds is 2. The fourth-order valence-electron chi connectivity index (χ4n) is 3.97. The average Bonchev–Trinajstić information content (AvgIpc) is 2.78. The number of halogens is 1. The summed E-state index contributed by atoms with van der Waals surface area (Å²) in [6, 6.07) is 1.16. The Morgan fingerprint density at radius 1 is 1.33 bits per heavy atom. The summed E-state index contributed by atoms with van der Waals surface area (Å²) in [6.45, 7) is 3.50. The van der Waals surface area contributed by atoms with Crippen LogP contribution in [0.15, 0.2) is 17.1 Å². The number of pyridine rings is 1. The summed E-state index contributed by atoms with van der Waals surface area (Å²) in [5.41, 5.74) is 5.70. The lowest BCUT2D eigenvalue weighted by Gasteiger charge is -2.33. The Hall–Kier alpha value is -2.61. The fourth-order valence-corrected chi connectivity index (χ4v) is 3.97. The molecule has 4 rings (SSSR count). The van der Waals surface area contributed by atoms with Gasteiger partial charge in [-0.1, -0.05) is 0 Å². The number of carboxylic acid groups (broad SMARTS) is 1. The molecule has 2 aromatic rings. The van der Waals surface area contributed by atoms with E-state index in [1.54, 1.807) is 4.57 Å². The number of hydrogen-bond acceptors (Lipinski definition) is 5. The molecular weight excluding hydrogens is 353 g/mol. The first-order valence-electron chi connectivity index (χ1n) is 9.16. The molecule has 1 aromatic carbocycles. The van der Waals surface area contributed by atoms with E-state index in [2.05, 4.69) is 0 Å². The van der Waals surface area contributed by atoms with Gasteiger partial charge in [0.05, 0.1) is 17.5 Å². The summed E-state index contributed by atoms with van der Waals surface area (Å²) >= 11 is 0. The first-order chi connectivity index (χ1) is 12.9. The number of ether oxygens (including phenoxy) is 1. The van der Waals surface area contributed by atoms with Gasteiger partial charge in [-0.25, -0.2) is 9.18 Å². The molecule has 1 fully saturated rings. The maximum atomic E-state index is 15.1. The Balaban J connectivity index is 2.03. The van der Waals surface area contributed by atoms with Gasteiger partial charge in [0.1, 0.15) is 11.3 Å². The second-order valence-electron chi connectivity index (χ2n) is 7.33. The van der Waals surface area contributed by atoms with Crippen LogP contribution in [0.3, 0.4) is 0 Å². The predicted molar refractivity (Wildman–Crippen MR) is 99.4 cm³/mol. The van der Waals surface area contributed by atoms with Crippen LogP contribution in [-0.2, 0) is 0 Å². The third kappa shape index (κ3) is 2.84. The van der Waals surface area contributed by atoms with Crippen molar-refractivity contribution < 1.29 is 19.0 Å². The summed E-state index contributed by atoms with van der Waals surface area (Å²) in [5, 5.41) is 9.42. The Kier molecular flexibility index (Phi) is 4.30. The molecular formula is C19H22FN3O4. The van der Waals surface area contributed by atoms with Gasteiger partial charge in [-0.3, -0.25) is 4.79 Å². The summed E-state index contributed by atoms with van der Waals surface area (Å²) in [5.74, 6) is -1.58. The van der Waals surface area contributed by atoms with E-state index in [9.17, 15) is 14.7 Å². The smallest absolute Gasteiger partial charge is 0.341 e. The Labute approximate surface area is 155 Å². The van der Waals surface area contributed by atoms with Gasteiger partial charge in [-0.15, -0.1) is 0 Å². The molecule has 2 aliphatic rings. The molecule has 3 heterocycles. The van der Waals surface area contributed by atoms with Gasteiger partial charge in [0.15, 0.2) is 11.6 Å². The Bertz CT molecular complexity index is 979. The molecule has 27 heavy (non-hydrogen) atoms. The highest BCUT2D eigenvalue weighted by Gasteiger charge is 2.30. The minimum Gasteiger partial charge on any atom is -0.489 e.